The zero-order chi connectivity index (χ0) is 9.19. The minimum atomic E-state index is -0.403. The largest absolute Gasteiger partial charge is 0.444 e. The lowest BCUT2D eigenvalue weighted by Gasteiger charge is -2.23. The second-order valence-corrected chi connectivity index (χ2v) is 3.77. The Balaban J connectivity index is 2.39. The molecular formula is C9H14NO2. The van der Waals surface area contributed by atoms with E-state index in [2.05, 4.69) is 6.08 Å². The van der Waals surface area contributed by atoms with Crippen molar-refractivity contribution in [1.82, 2.24) is 4.90 Å². The minimum Gasteiger partial charge on any atom is -0.444 e. The van der Waals surface area contributed by atoms with Crippen LogP contribution in [0.4, 0.5) is 4.79 Å². The second-order valence-electron chi connectivity index (χ2n) is 3.77. The molecule has 0 saturated heterocycles. The van der Waals surface area contributed by atoms with Crippen LogP contribution in [-0.2, 0) is 4.74 Å². The van der Waals surface area contributed by atoms with Gasteiger partial charge in [-0.05, 0) is 26.8 Å². The van der Waals surface area contributed by atoms with Crippen LogP contribution in [0.3, 0.4) is 0 Å². The summed E-state index contributed by atoms with van der Waals surface area (Å²) in [6, 6.07) is 0. The fourth-order valence-electron chi connectivity index (χ4n) is 0.880. The number of ether oxygens (including phenoxy) is 1. The minimum absolute atomic E-state index is 0.260. The third-order valence-electron chi connectivity index (χ3n) is 1.39. The lowest BCUT2D eigenvalue weighted by atomic mass is 10.2. The summed E-state index contributed by atoms with van der Waals surface area (Å²) in [7, 11) is 0. The molecule has 1 amide bonds. The predicted molar refractivity (Wildman–Crippen MR) is 45.6 cm³/mol. The van der Waals surface area contributed by atoms with Gasteiger partial charge in [-0.1, -0.05) is 6.08 Å². The maximum atomic E-state index is 11.3. The smallest absolute Gasteiger partial charge is 0.410 e. The van der Waals surface area contributed by atoms with Crippen molar-refractivity contribution in [3.05, 3.63) is 12.2 Å². The van der Waals surface area contributed by atoms with Gasteiger partial charge in [0.1, 0.15) is 5.60 Å². The normalized spacial score (nSPS) is 16.8. The van der Waals surface area contributed by atoms with Gasteiger partial charge in [0.25, 0.3) is 0 Å². The maximum Gasteiger partial charge on any atom is 0.410 e. The van der Waals surface area contributed by atoms with Crippen molar-refractivity contribution in [3.63, 3.8) is 0 Å². The summed E-state index contributed by atoms with van der Waals surface area (Å²) in [5.74, 6) is 0. The Labute approximate surface area is 73.0 Å². The van der Waals surface area contributed by atoms with E-state index in [9.17, 15) is 4.79 Å². The molecule has 0 saturated carbocycles. The highest BCUT2D eigenvalue weighted by Crippen LogP contribution is 2.11. The molecule has 3 heteroatoms. The van der Waals surface area contributed by atoms with Gasteiger partial charge < -0.3 is 9.64 Å². The van der Waals surface area contributed by atoms with Crippen molar-refractivity contribution in [2.75, 3.05) is 13.1 Å². The number of hydrogen-bond donors (Lipinski definition) is 0. The van der Waals surface area contributed by atoms with Crippen LogP contribution in [0.25, 0.3) is 0 Å². The molecule has 1 rings (SSSR count). The SMILES string of the molecule is CC(C)(C)OC(=O)N1C[C]=CC1. The summed E-state index contributed by atoms with van der Waals surface area (Å²) < 4.78 is 5.15. The monoisotopic (exact) mass is 168 g/mol. The van der Waals surface area contributed by atoms with Gasteiger partial charge in [-0.15, -0.1) is 0 Å². The van der Waals surface area contributed by atoms with Crippen LogP contribution >= 0.6 is 0 Å². The Morgan fingerprint density at radius 2 is 2.25 bits per heavy atom. The van der Waals surface area contributed by atoms with Crippen molar-refractivity contribution in [2.45, 2.75) is 26.4 Å². The zero-order valence-electron chi connectivity index (χ0n) is 7.76. The lowest BCUT2D eigenvalue weighted by molar-refractivity contribution is 0.0303. The molecule has 0 aromatic rings. The Kier molecular flexibility index (Phi) is 2.40. The van der Waals surface area contributed by atoms with Crippen molar-refractivity contribution < 1.29 is 9.53 Å². The number of carbonyl (C=O) groups is 1. The fraction of sp³-hybridized carbons (Fsp3) is 0.667. The number of amides is 1. The van der Waals surface area contributed by atoms with Crippen LogP contribution in [0.2, 0.25) is 0 Å². The van der Waals surface area contributed by atoms with Gasteiger partial charge in [-0.2, -0.15) is 0 Å². The third-order valence-corrected chi connectivity index (χ3v) is 1.39. The second kappa shape index (κ2) is 3.17. The molecule has 0 N–H and O–H groups in total. The van der Waals surface area contributed by atoms with Gasteiger partial charge in [0, 0.05) is 13.1 Å². The molecule has 1 aliphatic heterocycles. The molecule has 1 radical (unpaired) electrons. The van der Waals surface area contributed by atoms with Crippen LogP contribution in [0.15, 0.2) is 6.08 Å². The van der Waals surface area contributed by atoms with E-state index in [1.165, 1.54) is 0 Å². The number of hydrogen-bond acceptors (Lipinski definition) is 2. The predicted octanol–water partition coefficient (Wildman–Crippen LogP) is 1.60. The number of nitrogens with zero attached hydrogens (tertiary/aromatic N) is 1. The molecule has 0 bridgehead atoms. The van der Waals surface area contributed by atoms with Gasteiger partial charge in [0.2, 0.25) is 0 Å². The first-order chi connectivity index (χ1) is 5.49. The van der Waals surface area contributed by atoms with Crippen molar-refractivity contribution in [1.29, 1.82) is 0 Å². The number of rotatable bonds is 0. The summed E-state index contributed by atoms with van der Waals surface area (Å²) in [4.78, 5) is 12.9. The summed E-state index contributed by atoms with van der Waals surface area (Å²) >= 11 is 0. The van der Waals surface area contributed by atoms with Crippen LogP contribution < -0.4 is 0 Å². The molecule has 67 valence electrons. The molecule has 3 nitrogen and oxygen atoms in total. The van der Waals surface area contributed by atoms with Crippen molar-refractivity contribution in [2.24, 2.45) is 0 Å². The molecule has 0 aromatic heterocycles. The van der Waals surface area contributed by atoms with Gasteiger partial charge in [0.05, 0.1) is 0 Å². The highest BCUT2D eigenvalue weighted by Gasteiger charge is 2.22. The van der Waals surface area contributed by atoms with Crippen LogP contribution in [-0.4, -0.2) is 29.7 Å². The van der Waals surface area contributed by atoms with Crippen molar-refractivity contribution >= 4 is 6.09 Å². The van der Waals surface area contributed by atoms with E-state index in [0.717, 1.165) is 0 Å². The van der Waals surface area contributed by atoms with E-state index >= 15 is 0 Å². The quantitative estimate of drug-likeness (QED) is 0.549. The average Bonchev–Trinajstić information content (AvgIpc) is 2.32. The van der Waals surface area contributed by atoms with Crippen LogP contribution in [0.1, 0.15) is 20.8 Å². The van der Waals surface area contributed by atoms with E-state index < -0.39 is 5.60 Å². The average molecular weight is 168 g/mol. The Morgan fingerprint density at radius 1 is 1.58 bits per heavy atom. The first-order valence-electron chi connectivity index (χ1n) is 4.02. The summed E-state index contributed by atoms with van der Waals surface area (Å²) in [6.07, 6.45) is 4.52. The maximum absolute atomic E-state index is 11.3. The molecular weight excluding hydrogens is 154 g/mol. The molecule has 1 aliphatic rings. The van der Waals surface area contributed by atoms with E-state index in [-0.39, 0.29) is 6.09 Å². The van der Waals surface area contributed by atoms with Crippen LogP contribution in [0.5, 0.6) is 0 Å². The molecule has 0 atom stereocenters. The van der Waals surface area contributed by atoms with Gasteiger partial charge in [0.15, 0.2) is 0 Å². The molecule has 0 aromatic carbocycles. The lowest BCUT2D eigenvalue weighted by Crippen LogP contribution is -2.35. The summed E-state index contributed by atoms with van der Waals surface area (Å²) in [6.45, 7) is 6.75. The van der Waals surface area contributed by atoms with Gasteiger partial charge in [-0.3, -0.25) is 0 Å². The topological polar surface area (TPSA) is 29.5 Å². The molecule has 0 unspecified atom stereocenters. The molecule has 12 heavy (non-hydrogen) atoms. The summed E-state index contributed by atoms with van der Waals surface area (Å²) in [5, 5.41) is 0. The molecule has 0 spiro atoms. The Bertz CT molecular complexity index is 195. The van der Waals surface area contributed by atoms with Crippen molar-refractivity contribution in [3.8, 4) is 0 Å². The highest BCUT2D eigenvalue weighted by atomic mass is 16.6. The summed E-state index contributed by atoms with van der Waals surface area (Å²) in [5.41, 5.74) is -0.403. The fourth-order valence-corrected chi connectivity index (χ4v) is 0.880. The van der Waals surface area contributed by atoms with Gasteiger partial charge in [-0.25, -0.2) is 4.79 Å². The van der Waals surface area contributed by atoms with E-state index in [1.54, 1.807) is 4.90 Å². The Hall–Kier alpha value is -0.990. The molecule has 0 aliphatic carbocycles. The van der Waals surface area contributed by atoms with E-state index in [0.29, 0.717) is 13.1 Å². The zero-order valence-corrected chi connectivity index (χ0v) is 7.76. The first kappa shape index (κ1) is 9.10. The van der Waals surface area contributed by atoms with Gasteiger partial charge >= 0.3 is 6.09 Å². The standard InChI is InChI=1S/C9H14NO2/c1-9(2,3)12-8(11)10-6-4-5-7-10/h4H,6-7H2,1-3H3. The van der Waals surface area contributed by atoms with E-state index in [4.69, 9.17) is 4.74 Å². The first-order valence-corrected chi connectivity index (χ1v) is 4.02. The third kappa shape index (κ3) is 2.57. The number of carbonyl (C=O) groups excluding carboxylic acids is 1. The Morgan fingerprint density at radius 3 is 2.67 bits per heavy atom. The van der Waals surface area contributed by atoms with E-state index in [1.807, 2.05) is 26.8 Å². The highest BCUT2D eigenvalue weighted by molar-refractivity contribution is 5.68. The molecule has 0 fully saturated rings. The molecule has 1 heterocycles. The van der Waals surface area contributed by atoms with Crippen LogP contribution in [0, 0.1) is 6.08 Å².